The highest BCUT2D eigenvalue weighted by molar-refractivity contribution is 5.23. The molecule has 1 N–H and O–H groups in total. The summed E-state index contributed by atoms with van der Waals surface area (Å²) in [6.07, 6.45) is 7.65. The van der Waals surface area contributed by atoms with Gasteiger partial charge in [-0.2, -0.15) is 0 Å². The van der Waals surface area contributed by atoms with Crippen LogP contribution in [0, 0.1) is 0 Å². The van der Waals surface area contributed by atoms with Gasteiger partial charge in [0.1, 0.15) is 0 Å². The van der Waals surface area contributed by atoms with Crippen LogP contribution in [0.1, 0.15) is 42.5 Å². The first-order valence-electron chi connectivity index (χ1n) is 7.65. The Balaban J connectivity index is 1.75. The Morgan fingerprint density at radius 1 is 1.25 bits per heavy atom. The molecule has 1 atom stereocenters. The summed E-state index contributed by atoms with van der Waals surface area (Å²) in [5.41, 5.74) is 4.12. The highest BCUT2D eigenvalue weighted by Gasteiger charge is 2.18. The van der Waals surface area contributed by atoms with E-state index in [9.17, 15) is 0 Å². The van der Waals surface area contributed by atoms with Gasteiger partial charge in [-0.3, -0.25) is 0 Å². The number of imidazole rings is 1. The molecule has 0 aliphatic carbocycles. The number of hydrogen-bond donors (Lipinski definition) is 1. The van der Waals surface area contributed by atoms with Crippen LogP contribution in [-0.4, -0.2) is 22.6 Å². The van der Waals surface area contributed by atoms with Crippen LogP contribution in [0.15, 0.2) is 36.8 Å². The zero-order valence-corrected chi connectivity index (χ0v) is 12.2. The minimum Gasteiger partial charge on any atom is -0.330 e. The van der Waals surface area contributed by atoms with E-state index in [2.05, 4.69) is 46.1 Å². The third-order valence-electron chi connectivity index (χ3n) is 4.24. The van der Waals surface area contributed by atoms with Crippen LogP contribution in [0.2, 0.25) is 0 Å². The SMILES string of the molecule is CCc1ccc(Cn2cncc2C2CCCNC2)cc1. The first-order valence-corrected chi connectivity index (χ1v) is 7.65. The number of aryl methyl sites for hydroxylation is 1. The van der Waals surface area contributed by atoms with Gasteiger partial charge in [0, 0.05) is 30.9 Å². The van der Waals surface area contributed by atoms with E-state index in [0.717, 1.165) is 26.1 Å². The number of aromatic nitrogens is 2. The Hall–Kier alpha value is -1.61. The number of piperidine rings is 1. The zero-order chi connectivity index (χ0) is 13.8. The molecular formula is C17H23N3. The lowest BCUT2D eigenvalue weighted by molar-refractivity contribution is 0.444. The van der Waals surface area contributed by atoms with Gasteiger partial charge in [-0.1, -0.05) is 31.2 Å². The molecule has 1 fully saturated rings. The van der Waals surface area contributed by atoms with Crippen molar-refractivity contribution < 1.29 is 0 Å². The topological polar surface area (TPSA) is 29.9 Å². The van der Waals surface area contributed by atoms with Crippen LogP contribution in [0.3, 0.4) is 0 Å². The average molecular weight is 269 g/mol. The molecule has 3 rings (SSSR count). The minimum atomic E-state index is 0.612. The van der Waals surface area contributed by atoms with Crippen molar-refractivity contribution in [2.45, 2.75) is 38.6 Å². The van der Waals surface area contributed by atoms with Crippen molar-refractivity contribution in [3.63, 3.8) is 0 Å². The highest BCUT2D eigenvalue weighted by atomic mass is 15.1. The molecule has 2 heterocycles. The van der Waals surface area contributed by atoms with E-state index in [1.54, 1.807) is 0 Å². The van der Waals surface area contributed by atoms with Crippen molar-refractivity contribution in [1.29, 1.82) is 0 Å². The number of nitrogens with zero attached hydrogens (tertiary/aromatic N) is 2. The Labute approximate surface area is 121 Å². The lowest BCUT2D eigenvalue weighted by Crippen LogP contribution is -2.29. The summed E-state index contributed by atoms with van der Waals surface area (Å²) >= 11 is 0. The fourth-order valence-corrected chi connectivity index (χ4v) is 2.98. The standard InChI is InChI=1S/C17H23N3/c1-2-14-5-7-15(8-6-14)12-20-13-19-11-17(20)16-4-3-9-18-10-16/h5-8,11,13,16,18H,2-4,9-10,12H2,1H3. The maximum Gasteiger partial charge on any atom is 0.0951 e. The lowest BCUT2D eigenvalue weighted by Gasteiger charge is -2.23. The number of rotatable bonds is 4. The molecule has 3 heteroatoms. The molecule has 0 bridgehead atoms. The predicted molar refractivity (Wildman–Crippen MR) is 82.0 cm³/mol. The fraction of sp³-hybridized carbons (Fsp3) is 0.471. The molecule has 0 amide bonds. The maximum absolute atomic E-state index is 4.36. The molecule has 1 unspecified atom stereocenters. The third kappa shape index (κ3) is 2.93. The quantitative estimate of drug-likeness (QED) is 0.925. The normalized spacial score (nSPS) is 19.1. The summed E-state index contributed by atoms with van der Waals surface area (Å²) in [6, 6.07) is 8.94. The monoisotopic (exact) mass is 269 g/mol. The molecular weight excluding hydrogens is 246 g/mol. The smallest absolute Gasteiger partial charge is 0.0951 e. The van der Waals surface area contributed by atoms with E-state index in [0.29, 0.717) is 5.92 Å². The molecule has 1 aliphatic rings. The predicted octanol–water partition coefficient (Wildman–Crippen LogP) is 2.96. The van der Waals surface area contributed by atoms with Gasteiger partial charge >= 0.3 is 0 Å². The van der Waals surface area contributed by atoms with Gasteiger partial charge in [-0.15, -0.1) is 0 Å². The molecule has 1 aromatic carbocycles. The molecule has 0 radical (unpaired) electrons. The summed E-state index contributed by atoms with van der Waals surface area (Å²) in [7, 11) is 0. The van der Waals surface area contributed by atoms with Crippen molar-refractivity contribution in [1.82, 2.24) is 14.9 Å². The van der Waals surface area contributed by atoms with Gasteiger partial charge in [0.2, 0.25) is 0 Å². The summed E-state index contributed by atoms with van der Waals surface area (Å²) in [4.78, 5) is 4.36. The second kappa shape index (κ2) is 6.23. The Bertz CT molecular complexity index is 536. The van der Waals surface area contributed by atoms with E-state index in [1.807, 2.05) is 12.5 Å². The van der Waals surface area contributed by atoms with Crippen molar-refractivity contribution in [2.75, 3.05) is 13.1 Å². The van der Waals surface area contributed by atoms with Crippen molar-refractivity contribution >= 4 is 0 Å². The lowest BCUT2D eigenvalue weighted by atomic mass is 9.96. The number of benzene rings is 1. The minimum absolute atomic E-state index is 0.612. The van der Waals surface area contributed by atoms with Crippen molar-refractivity contribution in [3.8, 4) is 0 Å². The second-order valence-electron chi connectivity index (χ2n) is 5.66. The van der Waals surface area contributed by atoms with E-state index in [1.165, 1.54) is 29.7 Å². The van der Waals surface area contributed by atoms with E-state index >= 15 is 0 Å². The summed E-state index contributed by atoms with van der Waals surface area (Å²) in [5.74, 6) is 0.612. The van der Waals surface area contributed by atoms with Crippen LogP contribution in [0.25, 0.3) is 0 Å². The molecule has 1 saturated heterocycles. The first-order chi connectivity index (χ1) is 9.86. The third-order valence-corrected chi connectivity index (χ3v) is 4.24. The highest BCUT2D eigenvalue weighted by Crippen LogP contribution is 2.23. The molecule has 3 nitrogen and oxygen atoms in total. The molecule has 2 aromatic rings. The van der Waals surface area contributed by atoms with Crippen LogP contribution in [0.5, 0.6) is 0 Å². The van der Waals surface area contributed by atoms with Gasteiger partial charge in [0.15, 0.2) is 0 Å². The average Bonchev–Trinajstić information content (AvgIpc) is 2.97. The van der Waals surface area contributed by atoms with E-state index in [-0.39, 0.29) is 0 Å². The van der Waals surface area contributed by atoms with E-state index in [4.69, 9.17) is 0 Å². The molecule has 106 valence electrons. The van der Waals surface area contributed by atoms with Gasteiger partial charge in [0.05, 0.1) is 6.33 Å². The second-order valence-corrected chi connectivity index (χ2v) is 5.66. The van der Waals surface area contributed by atoms with E-state index < -0.39 is 0 Å². The molecule has 20 heavy (non-hydrogen) atoms. The van der Waals surface area contributed by atoms with Crippen molar-refractivity contribution in [2.24, 2.45) is 0 Å². The van der Waals surface area contributed by atoms with Crippen LogP contribution < -0.4 is 5.32 Å². The Kier molecular flexibility index (Phi) is 4.16. The molecule has 1 aromatic heterocycles. The first kappa shape index (κ1) is 13.4. The van der Waals surface area contributed by atoms with Crippen LogP contribution >= 0.6 is 0 Å². The summed E-state index contributed by atoms with van der Waals surface area (Å²) < 4.78 is 2.30. The number of nitrogens with one attached hydrogen (secondary N) is 1. The summed E-state index contributed by atoms with van der Waals surface area (Å²) in [5, 5.41) is 3.49. The van der Waals surface area contributed by atoms with Gasteiger partial charge in [-0.25, -0.2) is 4.98 Å². The fourth-order valence-electron chi connectivity index (χ4n) is 2.98. The van der Waals surface area contributed by atoms with Gasteiger partial charge < -0.3 is 9.88 Å². The van der Waals surface area contributed by atoms with Crippen LogP contribution in [-0.2, 0) is 13.0 Å². The molecule has 0 spiro atoms. The maximum atomic E-state index is 4.36. The largest absolute Gasteiger partial charge is 0.330 e. The van der Waals surface area contributed by atoms with Gasteiger partial charge in [0.25, 0.3) is 0 Å². The summed E-state index contributed by atoms with van der Waals surface area (Å²) in [6.45, 7) is 5.36. The molecule has 1 aliphatic heterocycles. The van der Waals surface area contributed by atoms with Crippen molar-refractivity contribution in [3.05, 3.63) is 53.6 Å². The Morgan fingerprint density at radius 2 is 2.05 bits per heavy atom. The Morgan fingerprint density at radius 3 is 2.75 bits per heavy atom. The zero-order valence-electron chi connectivity index (χ0n) is 12.2. The van der Waals surface area contributed by atoms with Gasteiger partial charge in [-0.05, 0) is 36.9 Å². The van der Waals surface area contributed by atoms with Crippen LogP contribution in [0.4, 0.5) is 0 Å². The number of hydrogen-bond acceptors (Lipinski definition) is 2. The molecule has 0 saturated carbocycles.